The molecule has 0 aromatic heterocycles. The van der Waals surface area contributed by atoms with Crippen LogP contribution in [0.5, 0.6) is 0 Å². The van der Waals surface area contributed by atoms with E-state index in [9.17, 15) is 0 Å². The molecule has 0 aliphatic heterocycles. The smallest absolute Gasteiger partial charge is 0.0146 e. The zero-order chi connectivity index (χ0) is 13.9. The Hall–Kier alpha value is -1.56. The summed E-state index contributed by atoms with van der Waals surface area (Å²) in [5, 5.41) is 0. The summed E-state index contributed by atoms with van der Waals surface area (Å²) in [7, 11) is 0. The van der Waals surface area contributed by atoms with E-state index in [1.807, 2.05) is 0 Å². The van der Waals surface area contributed by atoms with E-state index in [4.69, 9.17) is 0 Å². The first kappa shape index (κ1) is 13.9. The lowest BCUT2D eigenvalue weighted by Crippen LogP contribution is -2.18. The van der Waals surface area contributed by atoms with Crippen molar-refractivity contribution in [3.8, 4) is 0 Å². The van der Waals surface area contributed by atoms with Gasteiger partial charge in [-0.1, -0.05) is 81.3 Å². The van der Waals surface area contributed by atoms with Gasteiger partial charge in [0.1, 0.15) is 0 Å². The molecule has 0 saturated heterocycles. The van der Waals surface area contributed by atoms with Crippen molar-refractivity contribution in [3.63, 3.8) is 0 Å². The van der Waals surface area contributed by atoms with E-state index in [1.165, 1.54) is 35.1 Å². The van der Waals surface area contributed by atoms with Crippen LogP contribution in [0.3, 0.4) is 0 Å². The van der Waals surface area contributed by atoms with Gasteiger partial charge in [-0.3, -0.25) is 0 Å². The highest BCUT2D eigenvalue weighted by Crippen LogP contribution is 2.31. The van der Waals surface area contributed by atoms with Gasteiger partial charge in [-0.25, -0.2) is 0 Å². The Balaban J connectivity index is 2.30. The fourth-order valence-electron chi connectivity index (χ4n) is 2.51. The number of rotatable bonds is 4. The van der Waals surface area contributed by atoms with E-state index in [-0.39, 0.29) is 5.41 Å². The minimum absolute atomic E-state index is 0.0679. The molecule has 0 nitrogen and oxygen atoms in total. The average molecular weight is 252 g/mol. The molecule has 2 rings (SSSR count). The summed E-state index contributed by atoms with van der Waals surface area (Å²) in [4.78, 5) is 0. The highest BCUT2D eigenvalue weighted by Gasteiger charge is 2.22. The van der Waals surface area contributed by atoms with E-state index in [0.29, 0.717) is 0 Å². The molecule has 0 spiro atoms. The van der Waals surface area contributed by atoms with Crippen molar-refractivity contribution in [1.82, 2.24) is 0 Å². The lowest BCUT2D eigenvalue weighted by atomic mass is 9.77. The van der Waals surface area contributed by atoms with Crippen LogP contribution in [0.2, 0.25) is 0 Å². The summed E-state index contributed by atoms with van der Waals surface area (Å²) in [5.74, 6) is 0. The zero-order valence-electron chi connectivity index (χ0n) is 12.5. The Labute approximate surface area is 117 Å². The fraction of sp³-hybridized carbons (Fsp3) is 0.368. The summed E-state index contributed by atoms with van der Waals surface area (Å²) in [5.41, 5.74) is 5.58. The predicted molar refractivity (Wildman–Crippen MR) is 83.7 cm³/mol. The van der Waals surface area contributed by atoms with Crippen LogP contribution in [0.15, 0.2) is 48.5 Å². The number of hydrogen-bond acceptors (Lipinski definition) is 0. The van der Waals surface area contributed by atoms with Gasteiger partial charge in [0.05, 0.1) is 0 Å². The van der Waals surface area contributed by atoms with Gasteiger partial charge >= 0.3 is 0 Å². The quantitative estimate of drug-likeness (QED) is 0.695. The van der Waals surface area contributed by atoms with Crippen molar-refractivity contribution in [2.75, 3.05) is 0 Å². The minimum Gasteiger partial charge on any atom is -0.0651 e. The topological polar surface area (TPSA) is 0 Å². The van der Waals surface area contributed by atoms with Crippen LogP contribution in [0.25, 0.3) is 0 Å². The summed E-state index contributed by atoms with van der Waals surface area (Å²) >= 11 is 0. The van der Waals surface area contributed by atoms with Crippen molar-refractivity contribution in [2.45, 2.75) is 46.0 Å². The highest BCUT2D eigenvalue weighted by atomic mass is 14.3. The van der Waals surface area contributed by atoms with Crippen molar-refractivity contribution in [2.24, 2.45) is 0 Å². The molecule has 100 valence electrons. The van der Waals surface area contributed by atoms with E-state index in [0.717, 1.165) is 0 Å². The van der Waals surface area contributed by atoms with Crippen LogP contribution in [-0.4, -0.2) is 0 Å². The van der Waals surface area contributed by atoms with Crippen LogP contribution in [0, 0.1) is 6.92 Å². The molecule has 0 saturated carbocycles. The van der Waals surface area contributed by atoms with Crippen molar-refractivity contribution >= 4 is 0 Å². The van der Waals surface area contributed by atoms with Gasteiger partial charge < -0.3 is 0 Å². The molecule has 0 unspecified atom stereocenters. The van der Waals surface area contributed by atoms with Gasteiger partial charge in [0.2, 0.25) is 0 Å². The van der Waals surface area contributed by atoms with Crippen molar-refractivity contribution in [1.29, 1.82) is 0 Å². The van der Waals surface area contributed by atoms with Gasteiger partial charge in [-0.05, 0) is 30.0 Å². The average Bonchev–Trinajstić information content (AvgIpc) is 2.40. The Bertz CT molecular complexity index is 515. The molecule has 0 N–H and O–H groups in total. The Morgan fingerprint density at radius 2 is 1.26 bits per heavy atom. The second-order valence-electron chi connectivity index (χ2n) is 5.94. The first-order chi connectivity index (χ1) is 9.04. The Morgan fingerprint density at radius 1 is 0.789 bits per heavy atom. The van der Waals surface area contributed by atoms with E-state index < -0.39 is 0 Å². The molecule has 0 fully saturated rings. The molecule has 0 radical (unpaired) electrons. The molecule has 2 aromatic carbocycles. The molecular weight excluding hydrogens is 228 g/mol. The van der Waals surface area contributed by atoms with Crippen LogP contribution in [-0.2, 0) is 11.8 Å². The van der Waals surface area contributed by atoms with E-state index >= 15 is 0 Å². The van der Waals surface area contributed by atoms with Crippen LogP contribution in [0.1, 0.15) is 49.4 Å². The first-order valence-corrected chi connectivity index (χ1v) is 7.20. The second-order valence-corrected chi connectivity index (χ2v) is 5.94. The fourth-order valence-corrected chi connectivity index (χ4v) is 2.51. The molecule has 19 heavy (non-hydrogen) atoms. The van der Waals surface area contributed by atoms with Crippen LogP contribution in [0.4, 0.5) is 0 Å². The molecule has 0 amide bonds. The maximum absolute atomic E-state index is 2.30. The highest BCUT2D eigenvalue weighted by molar-refractivity contribution is 5.39. The molecular formula is C19H24. The molecule has 2 aromatic rings. The third kappa shape index (κ3) is 3.07. The van der Waals surface area contributed by atoms with Crippen LogP contribution < -0.4 is 0 Å². The second kappa shape index (κ2) is 5.61. The molecule has 0 aliphatic rings. The number of benzene rings is 2. The van der Waals surface area contributed by atoms with Crippen LogP contribution >= 0.6 is 0 Å². The number of aryl methyl sites for hydroxylation is 2. The maximum Gasteiger partial charge on any atom is 0.0146 e. The standard InChI is InChI=1S/C19H24/c1-5-6-16-9-13-18(14-10-16)19(3,4)17-11-7-15(2)8-12-17/h7-14H,5-6H2,1-4H3. The zero-order valence-corrected chi connectivity index (χ0v) is 12.5. The number of hydrogen-bond donors (Lipinski definition) is 0. The predicted octanol–water partition coefficient (Wildman–Crippen LogP) is 5.27. The maximum atomic E-state index is 2.30. The third-order valence-electron chi connectivity index (χ3n) is 3.99. The largest absolute Gasteiger partial charge is 0.0651 e. The monoisotopic (exact) mass is 252 g/mol. The molecule has 0 atom stereocenters. The minimum atomic E-state index is 0.0679. The Morgan fingerprint density at radius 3 is 1.74 bits per heavy atom. The lowest BCUT2D eigenvalue weighted by molar-refractivity contribution is 0.640. The molecule has 0 bridgehead atoms. The Kier molecular flexibility index (Phi) is 4.09. The third-order valence-corrected chi connectivity index (χ3v) is 3.99. The van der Waals surface area contributed by atoms with Gasteiger partial charge in [0.25, 0.3) is 0 Å². The molecule has 0 heterocycles. The van der Waals surface area contributed by atoms with E-state index in [1.54, 1.807) is 0 Å². The van der Waals surface area contributed by atoms with Crippen molar-refractivity contribution in [3.05, 3.63) is 70.8 Å². The lowest BCUT2D eigenvalue weighted by Gasteiger charge is -2.26. The van der Waals surface area contributed by atoms with Gasteiger partial charge in [0, 0.05) is 5.41 Å². The molecule has 0 heteroatoms. The summed E-state index contributed by atoms with van der Waals surface area (Å²) in [6.07, 6.45) is 2.38. The van der Waals surface area contributed by atoms with Gasteiger partial charge in [0.15, 0.2) is 0 Å². The van der Waals surface area contributed by atoms with Gasteiger partial charge in [-0.2, -0.15) is 0 Å². The first-order valence-electron chi connectivity index (χ1n) is 7.20. The molecule has 0 aliphatic carbocycles. The summed E-state index contributed by atoms with van der Waals surface area (Å²) in [6, 6.07) is 18.0. The van der Waals surface area contributed by atoms with Crippen molar-refractivity contribution < 1.29 is 0 Å². The summed E-state index contributed by atoms with van der Waals surface area (Å²) in [6.45, 7) is 8.96. The van der Waals surface area contributed by atoms with E-state index in [2.05, 4.69) is 76.2 Å². The summed E-state index contributed by atoms with van der Waals surface area (Å²) < 4.78 is 0. The normalized spacial score (nSPS) is 11.6. The SMILES string of the molecule is CCCc1ccc(C(C)(C)c2ccc(C)cc2)cc1. The van der Waals surface area contributed by atoms with Gasteiger partial charge in [-0.15, -0.1) is 0 Å².